The molecule has 0 aliphatic heterocycles. The van der Waals surface area contributed by atoms with Crippen LogP contribution < -0.4 is 4.90 Å². The maximum atomic E-state index is 13.3. The third kappa shape index (κ3) is 4.58. The number of nitriles is 1. The van der Waals surface area contributed by atoms with Gasteiger partial charge in [0.05, 0.1) is 35.3 Å². The van der Waals surface area contributed by atoms with Crippen molar-refractivity contribution in [3.8, 4) is 11.8 Å². The molecule has 0 saturated carbocycles. The van der Waals surface area contributed by atoms with Gasteiger partial charge in [-0.25, -0.2) is 4.98 Å². The highest BCUT2D eigenvalue weighted by molar-refractivity contribution is 5.98. The van der Waals surface area contributed by atoms with E-state index in [1.54, 1.807) is 35.6 Å². The van der Waals surface area contributed by atoms with Crippen molar-refractivity contribution in [2.45, 2.75) is 13.8 Å². The molecule has 0 unspecified atom stereocenters. The fourth-order valence-electron chi connectivity index (χ4n) is 2.99. The molecule has 0 bridgehead atoms. The van der Waals surface area contributed by atoms with Crippen LogP contribution in [0.3, 0.4) is 0 Å². The Kier molecular flexibility index (Phi) is 6.19. The number of amides is 1. The molecule has 1 aromatic carbocycles. The van der Waals surface area contributed by atoms with Gasteiger partial charge < -0.3 is 9.80 Å². The summed E-state index contributed by atoms with van der Waals surface area (Å²) in [6, 6.07) is 11.2. The summed E-state index contributed by atoms with van der Waals surface area (Å²) in [6.45, 7) is 5.58. The van der Waals surface area contributed by atoms with Gasteiger partial charge in [-0.05, 0) is 38.1 Å². The summed E-state index contributed by atoms with van der Waals surface area (Å²) < 4.78 is 0. The molecule has 0 aliphatic rings. The van der Waals surface area contributed by atoms with Crippen molar-refractivity contribution >= 4 is 11.7 Å². The summed E-state index contributed by atoms with van der Waals surface area (Å²) in [4.78, 5) is 22.8. The number of pyridine rings is 1. The first kappa shape index (κ1) is 20.0. The second-order valence-electron chi connectivity index (χ2n) is 6.66. The second kappa shape index (κ2) is 8.97. The van der Waals surface area contributed by atoms with E-state index in [-0.39, 0.29) is 5.91 Å². The average molecular weight is 389 g/mol. The molecule has 0 radical (unpaired) electrons. The minimum atomic E-state index is -0.0735. The molecular weight excluding hydrogens is 366 g/mol. The smallest absolute Gasteiger partial charge is 0.256 e. The number of hydrogen-bond acceptors (Lipinski definition) is 6. The number of rotatable bonds is 7. The van der Waals surface area contributed by atoms with Crippen molar-refractivity contribution in [3.63, 3.8) is 0 Å². The largest absolute Gasteiger partial charge is 0.358 e. The zero-order valence-corrected chi connectivity index (χ0v) is 16.8. The van der Waals surface area contributed by atoms with Crippen LogP contribution >= 0.6 is 0 Å². The quantitative estimate of drug-likeness (QED) is 0.616. The zero-order chi connectivity index (χ0) is 20.8. The molecule has 2 heterocycles. The van der Waals surface area contributed by atoms with Gasteiger partial charge >= 0.3 is 0 Å². The monoisotopic (exact) mass is 389 g/mol. The van der Waals surface area contributed by atoms with Crippen LogP contribution in [0.4, 0.5) is 5.82 Å². The first-order valence-electron chi connectivity index (χ1n) is 9.37. The van der Waals surface area contributed by atoms with Gasteiger partial charge in [0.25, 0.3) is 5.91 Å². The Balaban J connectivity index is 1.78. The van der Waals surface area contributed by atoms with Gasteiger partial charge in [-0.2, -0.15) is 20.3 Å². The van der Waals surface area contributed by atoms with Crippen molar-refractivity contribution in [1.29, 1.82) is 5.26 Å². The summed E-state index contributed by atoms with van der Waals surface area (Å²) in [5.74, 6) is 0.625. The van der Waals surface area contributed by atoms with E-state index in [0.29, 0.717) is 42.3 Å². The molecule has 3 rings (SSSR count). The van der Waals surface area contributed by atoms with Crippen LogP contribution in [0.25, 0.3) is 5.69 Å². The maximum absolute atomic E-state index is 13.3. The van der Waals surface area contributed by atoms with E-state index in [9.17, 15) is 4.79 Å². The van der Waals surface area contributed by atoms with Crippen LogP contribution in [0.15, 0.2) is 48.9 Å². The normalized spacial score (nSPS) is 10.4. The Morgan fingerprint density at radius 3 is 2.59 bits per heavy atom. The van der Waals surface area contributed by atoms with Gasteiger partial charge in [0, 0.05) is 32.9 Å². The van der Waals surface area contributed by atoms with Crippen molar-refractivity contribution < 1.29 is 4.79 Å². The standard InChI is InChI=1S/C21H23N7O/c1-4-27(12-11-26(3)20-14-17(15-22)7-8-23-20)21(29)18-13-16(2)5-6-19(18)28-24-9-10-25-28/h5-10,13-14H,4,11-12H2,1-3H3. The highest BCUT2D eigenvalue weighted by atomic mass is 16.2. The van der Waals surface area contributed by atoms with E-state index < -0.39 is 0 Å². The number of carbonyl (C=O) groups is 1. The lowest BCUT2D eigenvalue weighted by molar-refractivity contribution is 0.0768. The predicted molar refractivity (Wildman–Crippen MR) is 110 cm³/mol. The van der Waals surface area contributed by atoms with E-state index in [1.165, 1.54) is 4.80 Å². The van der Waals surface area contributed by atoms with Crippen molar-refractivity contribution in [2.24, 2.45) is 0 Å². The molecule has 29 heavy (non-hydrogen) atoms. The van der Waals surface area contributed by atoms with Crippen molar-refractivity contribution in [2.75, 3.05) is 31.6 Å². The number of benzene rings is 1. The molecule has 8 nitrogen and oxygen atoms in total. The number of anilines is 1. The van der Waals surface area contributed by atoms with E-state index in [0.717, 1.165) is 5.56 Å². The van der Waals surface area contributed by atoms with Crippen LogP contribution in [-0.2, 0) is 0 Å². The van der Waals surface area contributed by atoms with E-state index in [2.05, 4.69) is 21.3 Å². The molecule has 2 aromatic heterocycles. The van der Waals surface area contributed by atoms with Crippen LogP contribution in [0.5, 0.6) is 0 Å². The molecule has 0 atom stereocenters. The number of aryl methyl sites for hydroxylation is 1. The van der Waals surface area contributed by atoms with Crippen molar-refractivity contribution in [1.82, 2.24) is 24.9 Å². The second-order valence-corrected chi connectivity index (χ2v) is 6.66. The Morgan fingerprint density at radius 1 is 1.14 bits per heavy atom. The van der Waals surface area contributed by atoms with Crippen molar-refractivity contribution in [3.05, 3.63) is 65.6 Å². The fraction of sp³-hybridized carbons (Fsp3) is 0.286. The van der Waals surface area contributed by atoms with Gasteiger partial charge in [0.2, 0.25) is 0 Å². The highest BCUT2D eigenvalue weighted by Gasteiger charge is 2.20. The lowest BCUT2D eigenvalue weighted by Crippen LogP contribution is -2.38. The minimum Gasteiger partial charge on any atom is -0.358 e. The molecule has 0 fully saturated rings. The third-order valence-corrected chi connectivity index (χ3v) is 4.66. The summed E-state index contributed by atoms with van der Waals surface area (Å²) in [5.41, 5.74) is 2.77. The zero-order valence-electron chi connectivity index (χ0n) is 16.8. The van der Waals surface area contributed by atoms with Crippen LogP contribution in [0, 0.1) is 18.3 Å². The SMILES string of the molecule is CCN(CCN(C)c1cc(C#N)ccn1)C(=O)c1cc(C)ccc1-n1nccn1. The molecule has 0 spiro atoms. The lowest BCUT2D eigenvalue weighted by Gasteiger charge is -2.26. The lowest BCUT2D eigenvalue weighted by atomic mass is 10.1. The first-order valence-corrected chi connectivity index (χ1v) is 9.37. The van der Waals surface area contributed by atoms with Gasteiger partial charge in [0.1, 0.15) is 5.82 Å². The number of likely N-dealkylation sites (N-methyl/N-ethyl adjacent to an activating group) is 2. The van der Waals surface area contributed by atoms with Crippen LogP contribution in [-0.4, -0.2) is 57.5 Å². The molecule has 1 amide bonds. The number of hydrogen-bond donors (Lipinski definition) is 0. The Bertz CT molecular complexity index is 1020. The number of aromatic nitrogens is 4. The third-order valence-electron chi connectivity index (χ3n) is 4.66. The summed E-state index contributed by atoms with van der Waals surface area (Å²) >= 11 is 0. The summed E-state index contributed by atoms with van der Waals surface area (Å²) in [6.07, 6.45) is 4.79. The molecule has 0 aliphatic carbocycles. The Morgan fingerprint density at radius 2 is 1.90 bits per heavy atom. The predicted octanol–water partition coefficient (Wildman–Crippen LogP) is 2.44. The Labute approximate surface area is 170 Å². The summed E-state index contributed by atoms with van der Waals surface area (Å²) in [7, 11) is 1.90. The van der Waals surface area contributed by atoms with E-state index >= 15 is 0 Å². The Hall–Kier alpha value is -3.73. The minimum absolute atomic E-state index is 0.0735. The maximum Gasteiger partial charge on any atom is 0.256 e. The molecule has 0 N–H and O–H groups in total. The van der Waals surface area contributed by atoms with Crippen LogP contribution in [0.1, 0.15) is 28.4 Å². The first-order chi connectivity index (χ1) is 14.0. The van der Waals surface area contributed by atoms with Gasteiger partial charge in [0.15, 0.2) is 0 Å². The molecule has 3 aromatic rings. The van der Waals surface area contributed by atoms with E-state index in [4.69, 9.17) is 5.26 Å². The molecule has 0 saturated heterocycles. The van der Waals surface area contributed by atoms with Gasteiger partial charge in [-0.1, -0.05) is 11.6 Å². The van der Waals surface area contributed by atoms with E-state index in [1.807, 2.05) is 44.0 Å². The highest BCUT2D eigenvalue weighted by Crippen LogP contribution is 2.18. The topological polar surface area (TPSA) is 90.9 Å². The average Bonchev–Trinajstić information content (AvgIpc) is 3.28. The van der Waals surface area contributed by atoms with Crippen LogP contribution in [0.2, 0.25) is 0 Å². The molecular formula is C21H23N7O. The summed E-state index contributed by atoms with van der Waals surface area (Å²) in [5, 5.41) is 17.4. The molecule has 8 heteroatoms. The fourth-order valence-corrected chi connectivity index (χ4v) is 2.99. The molecule has 148 valence electrons. The van der Waals surface area contributed by atoms with Gasteiger partial charge in [-0.15, -0.1) is 0 Å². The number of nitrogens with zero attached hydrogens (tertiary/aromatic N) is 7. The van der Waals surface area contributed by atoms with Gasteiger partial charge in [-0.3, -0.25) is 4.79 Å². The number of carbonyl (C=O) groups excluding carboxylic acids is 1.